The minimum Gasteiger partial charge on any atom is -0.493 e. The molecule has 0 heterocycles. The molecule has 3 aromatic rings. The lowest BCUT2D eigenvalue weighted by Crippen LogP contribution is -1.97. The number of benzene rings is 3. The van der Waals surface area contributed by atoms with Crippen LogP contribution in [0.25, 0.3) is 11.6 Å². The lowest BCUT2D eigenvalue weighted by atomic mass is 10.0. The van der Waals surface area contributed by atoms with Gasteiger partial charge in [0.25, 0.3) is 5.69 Å². The van der Waals surface area contributed by atoms with Crippen LogP contribution in [0.1, 0.15) is 16.7 Å². The van der Waals surface area contributed by atoms with Gasteiger partial charge in [0.05, 0.1) is 23.7 Å². The summed E-state index contributed by atoms with van der Waals surface area (Å²) in [7, 11) is 1.56. The van der Waals surface area contributed by atoms with Crippen LogP contribution >= 0.6 is 0 Å². The summed E-state index contributed by atoms with van der Waals surface area (Å²) in [6.07, 6.45) is 1.70. The Morgan fingerprint density at radius 3 is 2.41 bits per heavy atom. The van der Waals surface area contributed by atoms with E-state index in [0.29, 0.717) is 29.2 Å². The first kappa shape index (κ1) is 19.6. The van der Waals surface area contributed by atoms with Crippen LogP contribution in [0.3, 0.4) is 0 Å². The van der Waals surface area contributed by atoms with E-state index < -0.39 is 4.92 Å². The molecule has 6 heteroatoms. The summed E-state index contributed by atoms with van der Waals surface area (Å²) in [6.45, 7) is 0.415. The van der Waals surface area contributed by atoms with Gasteiger partial charge in [0.1, 0.15) is 6.61 Å². The molecule has 3 aromatic carbocycles. The van der Waals surface area contributed by atoms with Crippen molar-refractivity contribution in [3.05, 3.63) is 99.6 Å². The topological polar surface area (TPSA) is 85.4 Å². The van der Waals surface area contributed by atoms with Crippen LogP contribution in [0.4, 0.5) is 5.69 Å². The van der Waals surface area contributed by atoms with Gasteiger partial charge in [0, 0.05) is 12.1 Å². The first-order valence-corrected chi connectivity index (χ1v) is 8.82. The Balaban J connectivity index is 1.82. The van der Waals surface area contributed by atoms with Crippen LogP contribution in [0.2, 0.25) is 0 Å². The number of nitro benzene ring substituents is 1. The average Bonchev–Trinajstić information content (AvgIpc) is 2.77. The second kappa shape index (κ2) is 9.20. The summed E-state index contributed by atoms with van der Waals surface area (Å²) in [4.78, 5) is 10.3. The molecular weight excluding hydrogens is 368 g/mol. The number of ether oxygens (including phenoxy) is 2. The van der Waals surface area contributed by atoms with E-state index >= 15 is 0 Å². The van der Waals surface area contributed by atoms with Gasteiger partial charge in [0.15, 0.2) is 11.5 Å². The summed E-state index contributed by atoms with van der Waals surface area (Å²) in [6, 6.07) is 23.2. The van der Waals surface area contributed by atoms with Crippen molar-refractivity contribution in [1.82, 2.24) is 0 Å². The number of methoxy groups -OCH3 is 1. The van der Waals surface area contributed by atoms with Gasteiger partial charge in [-0.15, -0.1) is 0 Å². The van der Waals surface area contributed by atoms with Gasteiger partial charge in [-0.2, -0.15) is 5.26 Å². The standard InChI is InChI=1S/C23H18N2O4/c1-28-23-14-18(7-12-22(23)29-16-17-5-3-2-4-6-17)13-20(15-24)19-8-10-21(11-9-19)25(26)27/h2-14H,16H2,1H3. The Labute approximate surface area is 168 Å². The molecule has 0 unspecified atom stereocenters. The van der Waals surface area contributed by atoms with Crippen LogP contribution in [0.15, 0.2) is 72.8 Å². The number of nitriles is 1. The fraction of sp³-hybridized carbons (Fsp3) is 0.0870. The van der Waals surface area contributed by atoms with E-state index in [0.717, 1.165) is 11.1 Å². The van der Waals surface area contributed by atoms with Crippen molar-refractivity contribution in [2.24, 2.45) is 0 Å². The highest BCUT2D eigenvalue weighted by Gasteiger charge is 2.09. The predicted molar refractivity (Wildman–Crippen MR) is 110 cm³/mol. The lowest BCUT2D eigenvalue weighted by Gasteiger charge is -2.11. The normalized spacial score (nSPS) is 10.8. The van der Waals surface area contributed by atoms with Crippen molar-refractivity contribution in [3.8, 4) is 17.6 Å². The molecule has 0 bridgehead atoms. The molecule has 29 heavy (non-hydrogen) atoms. The number of hydrogen-bond donors (Lipinski definition) is 0. The quantitative estimate of drug-likeness (QED) is 0.240. The van der Waals surface area contributed by atoms with Gasteiger partial charge in [-0.25, -0.2) is 0 Å². The van der Waals surface area contributed by atoms with Crippen LogP contribution < -0.4 is 9.47 Å². The predicted octanol–water partition coefficient (Wildman–Crippen LogP) is 5.25. The van der Waals surface area contributed by atoms with Crippen molar-refractivity contribution in [2.75, 3.05) is 7.11 Å². The monoisotopic (exact) mass is 386 g/mol. The average molecular weight is 386 g/mol. The molecule has 0 aliphatic heterocycles. The fourth-order valence-electron chi connectivity index (χ4n) is 2.74. The molecule has 6 nitrogen and oxygen atoms in total. The number of nitrogens with zero attached hydrogens (tertiary/aromatic N) is 2. The molecule has 0 spiro atoms. The third kappa shape index (κ3) is 4.99. The highest BCUT2D eigenvalue weighted by atomic mass is 16.6. The number of hydrogen-bond acceptors (Lipinski definition) is 5. The molecule has 0 saturated carbocycles. The van der Waals surface area contributed by atoms with Crippen molar-refractivity contribution in [1.29, 1.82) is 5.26 Å². The van der Waals surface area contributed by atoms with Gasteiger partial charge in [0.2, 0.25) is 0 Å². The smallest absolute Gasteiger partial charge is 0.269 e. The van der Waals surface area contributed by atoms with Crippen LogP contribution in [0, 0.1) is 21.4 Å². The zero-order chi connectivity index (χ0) is 20.6. The molecule has 0 atom stereocenters. The maximum atomic E-state index is 10.8. The zero-order valence-corrected chi connectivity index (χ0v) is 15.7. The summed E-state index contributed by atoms with van der Waals surface area (Å²) >= 11 is 0. The van der Waals surface area contributed by atoms with Crippen molar-refractivity contribution < 1.29 is 14.4 Å². The summed E-state index contributed by atoms with van der Waals surface area (Å²) in [5.74, 6) is 1.15. The maximum Gasteiger partial charge on any atom is 0.269 e. The van der Waals surface area contributed by atoms with Crippen LogP contribution in [-0.4, -0.2) is 12.0 Å². The molecule has 0 aliphatic carbocycles. The lowest BCUT2D eigenvalue weighted by molar-refractivity contribution is -0.384. The van der Waals surface area contributed by atoms with E-state index in [1.165, 1.54) is 12.1 Å². The second-order valence-electron chi connectivity index (χ2n) is 6.16. The number of non-ortho nitro benzene ring substituents is 1. The third-order valence-corrected chi connectivity index (χ3v) is 4.25. The molecule has 0 fully saturated rings. The van der Waals surface area contributed by atoms with Crippen LogP contribution in [-0.2, 0) is 6.61 Å². The number of rotatable bonds is 7. The van der Waals surface area contributed by atoms with Gasteiger partial charge in [-0.3, -0.25) is 10.1 Å². The van der Waals surface area contributed by atoms with Crippen molar-refractivity contribution >= 4 is 17.3 Å². The van der Waals surface area contributed by atoms with Gasteiger partial charge >= 0.3 is 0 Å². The second-order valence-corrected chi connectivity index (χ2v) is 6.16. The molecule has 0 N–H and O–H groups in total. The number of allylic oxidation sites excluding steroid dienone is 1. The Bertz CT molecular complexity index is 1070. The van der Waals surface area contributed by atoms with E-state index in [4.69, 9.17) is 9.47 Å². The molecular formula is C23H18N2O4. The third-order valence-electron chi connectivity index (χ3n) is 4.25. The summed E-state index contributed by atoms with van der Waals surface area (Å²) in [5.41, 5.74) is 2.77. The molecule has 0 saturated heterocycles. The van der Waals surface area contributed by atoms with E-state index in [-0.39, 0.29) is 5.69 Å². The molecule has 144 valence electrons. The van der Waals surface area contributed by atoms with Crippen molar-refractivity contribution in [3.63, 3.8) is 0 Å². The molecule has 0 aromatic heterocycles. The van der Waals surface area contributed by atoms with Gasteiger partial charge in [-0.05, 0) is 47.0 Å². The largest absolute Gasteiger partial charge is 0.493 e. The van der Waals surface area contributed by atoms with Crippen LogP contribution in [0.5, 0.6) is 11.5 Å². The highest BCUT2D eigenvalue weighted by Crippen LogP contribution is 2.30. The molecule has 3 rings (SSSR count). The van der Waals surface area contributed by atoms with E-state index in [1.807, 2.05) is 36.4 Å². The minimum absolute atomic E-state index is 0.0207. The Kier molecular flexibility index (Phi) is 6.23. The summed E-state index contributed by atoms with van der Waals surface area (Å²) < 4.78 is 11.3. The Morgan fingerprint density at radius 2 is 1.79 bits per heavy atom. The first-order chi connectivity index (χ1) is 14.1. The fourth-order valence-corrected chi connectivity index (χ4v) is 2.74. The summed E-state index contributed by atoms with van der Waals surface area (Å²) in [5, 5.41) is 20.3. The number of nitro groups is 1. The first-order valence-electron chi connectivity index (χ1n) is 8.82. The highest BCUT2D eigenvalue weighted by molar-refractivity contribution is 5.90. The van der Waals surface area contributed by atoms with E-state index in [2.05, 4.69) is 6.07 Å². The van der Waals surface area contributed by atoms with E-state index in [9.17, 15) is 15.4 Å². The van der Waals surface area contributed by atoms with E-state index in [1.54, 1.807) is 37.5 Å². The SMILES string of the molecule is COc1cc(C=C(C#N)c2ccc([N+](=O)[O-])cc2)ccc1OCc1ccccc1. The molecule has 0 radical (unpaired) electrons. The maximum absolute atomic E-state index is 10.8. The minimum atomic E-state index is -0.474. The Hall–Kier alpha value is -4.11. The van der Waals surface area contributed by atoms with Crippen molar-refractivity contribution in [2.45, 2.75) is 6.61 Å². The van der Waals surface area contributed by atoms with Gasteiger partial charge < -0.3 is 9.47 Å². The molecule has 0 amide bonds. The molecule has 0 aliphatic rings. The van der Waals surface area contributed by atoms with Gasteiger partial charge in [-0.1, -0.05) is 36.4 Å². The zero-order valence-electron chi connectivity index (χ0n) is 15.7. The Morgan fingerprint density at radius 1 is 1.07 bits per heavy atom.